The summed E-state index contributed by atoms with van der Waals surface area (Å²) in [6, 6.07) is 14.4. The van der Waals surface area contributed by atoms with E-state index in [-0.39, 0.29) is 12.3 Å². The maximum atomic E-state index is 13.4. The first kappa shape index (κ1) is 26.1. The number of imidazole rings is 1. The average molecular weight is 512 g/mol. The van der Waals surface area contributed by atoms with Crippen LogP contribution in [0.2, 0.25) is 0 Å². The Balaban J connectivity index is 1.55. The van der Waals surface area contributed by atoms with E-state index in [4.69, 9.17) is 9.47 Å². The molecule has 0 radical (unpaired) electrons. The summed E-state index contributed by atoms with van der Waals surface area (Å²) in [7, 11) is 3.11. The Hall–Kier alpha value is -4.01. The molecular formula is C28H28F3N3O3. The Labute approximate surface area is 213 Å². The molecule has 1 atom stereocenters. The summed E-state index contributed by atoms with van der Waals surface area (Å²) in [6.07, 6.45) is -0.526. The summed E-state index contributed by atoms with van der Waals surface area (Å²) in [4.78, 5) is 17.4. The molecule has 1 amide bonds. The second kappa shape index (κ2) is 10.9. The number of methoxy groups -OCH3 is 2. The second-order valence-corrected chi connectivity index (χ2v) is 8.78. The third-order valence-electron chi connectivity index (χ3n) is 6.24. The Kier molecular flexibility index (Phi) is 7.71. The lowest BCUT2D eigenvalue weighted by atomic mass is 9.91. The Morgan fingerprint density at radius 3 is 2.57 bits per heavy atom. The fourth-order valence-electron chi connectivity index (χ4n) is 4.32. The number of nitrogens with zero attached hydrogens (tertiary/aromatic N) is 2. The summed E-state index contributed by atoms with van der Waals surface area (Å²) in [5, 5.41) is 2.90. The number of benzene rings is 2. The Morgan fingerprint density at radius 2 is 1.84 bits per heavy atom. The van der Waals surface area contributed by atoms with Gasteiger partial charge in [0.15, 0.2) is 11.5 Å². The normalized spacial score (nSPS) is 12.4. The number of halogens is 3. The maximum Gasteiger partial charge on any atom is 0.416 e. The van der Waals surface area contributed by atoms with Crippen LogP contribution in [0.4, 0.5) is 13.2 Å². The van der Waals surface area contributed by atoms with Gasteiger partial charge in [-0.05, 0) is 60.4 Å². The van der Waals surface area contributed by atoms with Crippen molar-refractivity contribution in [1.29, 1.82) is 0 Å². The number of amides is 1. The van der Waals surface area contributed by atoms with E-state index in [1.807, 2.05) is 41.8 Å². The molecule has 9 heteroatoms. The van der Waals surface area contributed by atoms with Crippen molar-refractivity contribution in [3.05, 3.63) is 94.9 Å². The molecule has 0 bridgehead atoms. The third kappa shape index (κ3) is 6.04. The van der Waals surface area contributed by atoms with Crippen molar-refractivity contribution in [2.75, 3.05) is 20.8 Å². The number of hydrogen-bond donors (Lipinski definition) is 1. The number of hydrogen-bond acceptors (Lipinski definition) is 4. The van der Waals surface area contributed by atoms with Gasteiger partial charge >= 0.3 is 6.18 Å². The monoisotopic (exact) mass is 511 g/mol. The van der Waals surface area contributed by atoms with Gasteiger partial charge in [-0.15, -0.1) is 0 Å². The molecule has 37 heavy (non-hydrogen) atoms. The van der Waals surface area contributed by atoms with E-state index in [0.717, 1.165) is 23.3 Å². The number of fused-ring (bicyclic) bond motifs is 1. The minimum absolute atomic E-state index is 0.0328. The van der Waals surface area contributed by atoms with Crippen LogP contribution >= 0.6 is 0 Å². The van der Waals surface area contributed by atoms with Crippen LogP contribution in [0.1, 0.15) is 40.3 Å². The predicted molar refractivity (Wildman–Crippen MR) is 134 cm³/mol. The largest absolute Gasteiger partial charge is 0.493 e. The van der Waals surface area contributed by atoms with Crippen molar-refractivity contribution in [3.8, 4) is 11.5 Å². The SMILES string of the molecule is COc1ccc(CCNC(=O)CC(c2cccc(C(F)(F)F)c2)c2cnc3cc(C)ccn23)cc1OC. The van der Waals surface area contributed by atoms with Gasteiger partial charge in [-0.2, -0.15) is 13.2 Å². The van der Waals surface area contributed by atoms with Gasteiger partial charge in [0.2, 0.25) is 5.91 Å². The summed E-state index contributed by atoms with van der Waals surface area (Å²) in [5.41, 5.74) is 2.91. The van der Waals surface area contributed by atoms with Crippen molar-refractivity contribution in [1.82, 2.24) is 14.7 Å². The van der Waals surface area contributed by atoms with Crippen molar-refractivity contribution >= 4 is 11.6 Å². The zero-order valence-corrected chi connectivity index (χ0v) is 20.8. The molecule has 0 aliphatic carbocycles. The summed E-state index contributed by atoms with van der Waals surface area (Å²) < 4.78 is 52.7. The van der Waals surface area contributed by atoms with Crippen LogP contribution in [0.25, 0.3) is 5.65 Å². The van der Waals surface area contributed by atoms with Gasteiger partial charge in [-0.25, -0.2) is 4.98 Å². The van der Waals surface area contributed by atoms with Gasteiger partial charge in [-0.3, -0.25) is 4.79 Å². The standard InChI is InChI=1S/C28H28F3N3O3/c1-18-10-12-34-23(17-33-26(34)13-18)22(20-5-4-6-21(15-20)28(29,30)31)16-27(35)32-11-9-19-7-8-24(36-2)25(14-19)37-3/h4-8,10,12-15,17,22H,9,11,16H2,1-3H3,(H,32,35). The van der Waals surface area contributed by atoms with Crippen LogP contribution in [0.3, 0.4) is 0 Å². The van der Waals surface area contributed by atoms with Crippen LogP contribution in [-0.4, -0.2) is 36.1 Å². The second-order valence-electron chi connectivity index (χ2n) is 8.78. The number of aromatic nitrogens is 2. The molecule has 0 saturated carbocycles. The molecule has 2 heterocycles. The molecular weight excluding hydrogens is 483 g/mol. The molecule has 4 aromatic rings. The highest BCUT2D eigenvalue weighted by Crippen LogP contribution is 2.35. The Bertz CT molecular complexity index is 1400. The molecule has 0 spiro atoms. The van der Waals surface area contributed by atoms with Gasteiger partial charge in [0.1, 0.15) is 5.65 Å². The first-order chi connectivity index (χ1) is 17.7. The number of nitrogens with one attached hydrogen (secondary N) is 1. The number of carbonyl (C=O) groups excluding carboxylic acids is 1. The first-order valence-corrected chi connectivity index (χ1v) is 11.8. The topological polar surface area (TPSA) is 64.9 Å². The number of rotatable bonds is 9. The van der Waals surface area contributed by atoms with Crippen LogP contribution < -0.4 is 14.8 Å². The van der Waals surface area contributed by atoms with Crippen molar-refractivity contribution in [2.24, 2.45) is 0 Å². The smallest absolute Gasteiger partial charge is 0.416 e. The quantitative estimate of drug-likeness (QED) is 0.320. The summed E-state index contributed by atoms with van der Waals surface area (Å²) in [5.74, 6) is 0.312. The molecule has 194 valence electrons. The molecule has 0 aliphatic rings. The zero-order chi connectivity index (χ0) is 26.6. The Morgan fingerprint density at radius 1 is 1.05 bits per heavy atom. The lowest BCUT2D eigenvalue weighted by Crippen LogP contribution is -2.27. The lowest BCUT2D eigenvalue weighted by Gasteiger charge is -2.19. The van der Waals surface area contributed by atoms with Crippen molar-refractivity contribution < 1.29 is 27.4 Å². The fourth-order valence-corrected chi connectivity index (χ4v) is 4.32. The molecule has 2 aromatic carbocycles. The molecule has 6 nitrogen and oxygen atoms in total. The lowest BCUT2D eigenvalue weighted by molar-refractivity contribution is -0.137. The minimum atomic E-state index is -4.49. The van der Waals surface area contributed by atoms with Gasteiger partial charge in [0.25, 0.3) is 0 Å². The predicted octanol–water partition coefficient (Wildman–Crippen LogP) is 5.56. The van der Waals surface area contributed by atoms with Crippen LogP contribution in [-0.2, 0) is 17.4 Å². The summed E-state index contributed by atoms with van der Waals surface area (Å²) >= 11 is 0. The maximum absolute atomic E-state index is 13.4. The highest BCUT2D eigenvalue weighted by Gasteiger charge is 2.32. The van der Waals surface area contributed by atoms with E-state index < -0.39 is 17.7 Å². The number of pyridine rings is 1. The zero-order valence-electron chi connectivity index (χ0n) is 20.8. The average Bonchev–Trinajstić information content (AvgIpc) is 3.29. The van der Waals surface area contributed by atoms with Crippen LogP contribution in [0.15, 0.2) is 67.0 Å². The highest BCUT2D eigenvalue weighted by atomic mass is 19.4. The number of alkyl halides is 3. The fraction of sp³-hybridized carbons (Fsp3) is 0.286. The molecule has 2 aromatic heterocycles. The van der Waals surface area contributed by atoms with Crippen molar-refractivity contribution in [2.45, 2.75) is 31.9 Å². The number of ether oxygens (including phenoxy) is 2. The molecule has 0 aliphatic heterocycles. The molecule has 0 fully saturated rings. The van der Waals surface area contributed by atoms with E-state index in [0.29, 0.717) is 41.4 Å². The summed E-state index contributed by atoms with van der Waals surface area (Å²) in [6.45, 7) is 2.29. The molecule has 4 rings (SSSR count). The van der Waals surface area contributed by atoms with Gasteiger partial charge in [-0.1, -0.05) is 24.3 Å². The van der Waals surface area contributed by atoms with Crippen LogP contribution in [0.5, 0.6) is 11.5 Å². The minimum Gasteiger partial charge on any atom is -0.493 e. The van der Waals surface area contributed by atoms with Gasteiger partial charge in [0.05, 0.1) is 25.5 Å². The molecule has 0 saturated heterocycles. The highest BCUT2D eigenvalue weighted by molar-refractivity contribution is 5.77. The van der Waals surface area contributed by atoms with E-state index in [1.165, 1.54) is 6.07 Å². The molecule has 1 N–H and O–H groups in total. The number of aryl methyl sites for hydroxylation is 1. The number of carbonyl (C=O) groups is 1. The van der Waals surface area contributed by atoms with E-state index in [1.54, 1.807) is 32.5 Å². The van der Waals surface area contributed by atoms with E-state index in [9.17, 15) is 18.0 Å². The molecule has 1 unspecified atom stereocenters. The van der Waals surface area contributed by atoms with Gasteiger partial charge < -0.3 is 19.2 Å². The van der Waals surface area contributed by atoms with Gasteiger partial charge in [0, 0.05) is 31.3 Å². The first-order valence-electron chi connectivity index (χ1n) is 11.8. The van der Waals surface area contributed by atoms with E-state index in [2.05, 4.69) is 10.3 Å². The van der Waals surface area contributed by atoms with Crippen molar-refractivity contribution in [3.63, 3.8) is 0 Å². The third-order valence-corrected chi connectivity index (χ3v) is 6.24. The van der Waals surface area contributed by atoms with E-state index >= 15 is 0 Å². The van der Waals surface area contributed by atoms with Crippen LogP contribution in [0, 0.1) is 6.92 Å².